The van der Waals surface area contributed by atoms with Crippen LogP contribution in [-0.4, -0.2) is 60.8 Å². The average molecular weight is 255 g/mol. The first kappa shape index (κ1) is 13.8. The fourth-order valence-electron chi connectivity index (χ4n) is 2.79. The lowest BCUT2D eigenvalue weighted by atomic mass is 9.96. The summed E-state index contributed by atoms with van der Waals surface area (Å²) in [5.41, 5.74) is 0. The number of aliphatic hydroxyl groups excluding tert-OH is 1. The zero-order valence-electron chi connectivity index (χ0n) is 11.2. The SMILES string of the molecule is CCN1CCC(CNC(=O)C2CC(O)CN2)CC1. The summed E-state index contributed by atoms with van der Waals surface area (Å²) >= 11 is 0. The van der Waals surface area contributed by atoms with Crippen molar-refractivity contribution in [2.45, 2.75) is 38.3 Å². The van der Waals surface area contributed by atoms with Gasteiger partial charge in [0.2, 0.25) is 5.91 Å². The molecule has 2 atom stereocenters. The van der Waals surface area contributed by atoms with Crippen LogP contribution < -0.4 is 10.6 Å². The third-order valence-corrected chi connectivity index (χ3v) is 4.14. The van der Waals surface area contributed by atoms with Gasteiger partial charge in [0.15, 0.2) is 0 Å². The van der Waals surface area contributed by atoms with Crippen molar-refractivity contribution in [3.63, 3.8) is 0 Å². The lowest BCUT2D eigenvalue weighted by molar-refractivity contribution is -0.123. The Hall–Kier alpha value is -0.650. The molecule has 0 spiro atoms. The highest BCUT2D eigenvalue weighted by molar-refractivity contribution is 5.82. The first-order valence-electron chi connectivity index (χ1n) is 7.10. The summed E-state index contributed by atoms with van der Waals surface area (Å²) in [5.74, 6) is 0.660. The Bertz CT molecular complexity index is 277. The standard InChI is InChI=1S/C13H25N3O2/c1-2-16-5-3-10(4-6-16)8-15-13(18)12-7-11(17)9-14-12/h10-12,14,17H,2-9H2,1H3,(H,15,18). The lowest BCUT2D eigenvalue weighted by Crippen LogP contribution is -2.44. The van der Waals surface area contributed by atoms with E-state index in [1.165, 1.54) is 12.8 Å². The van der Waals surface area contributed by atoms with Crippen molar-refractivity contribution >= 4 is 5.91 Å². The number of hydrogen-bond acceptors (Lipinski definition) is 4. The second-order valence-corrected chi connectivity index (χ2v) is 5.47. The van der Waals surface area contributed by atoms with Gasteiger partial charge < -0.3 is 20.6 Å². The predicted octanol–water partition coefficient (Wildman–Crippen LogP) is -0.443. The molecule has 2 aliphatic heterocycles. The van der Waals surface area contributed by atoms with Crippen molar-refractivity contribution in [1.82, 2.24) is 15.5 Å². The molecule has 0 aromatic heterocycles. The number of likely N-dealkylation sites (tertiary alicyclic amines) is 1. The smallest absolute Gasteiger partial charge is 0.237 e. The van der Waals surface area contributed by atoms with Crippen LogP contribution >= 0.6 is 0 Å². The van der Waals surface area contributed by atoms with Crippen LogP contribution in [0.1, 0.15) is 26.2 Å². The Balaban J connectivity index is 1.64. The number of hydrogen-bond donors (Lipinski definition) is 3. The molecule has 2 saturated heterocycles. The van der Waals surface area contributed by atoms with Gasteiger partial charge in [-0.2, -0.15) is 0 Å². The molecular formula is C13H25N3O2. The van der Waals surface area contributed by atoms with Crippen LogP contribution in [0.15, 0.2) is 0 Å². The zero-order chi connectivity index (χ0) is 13.0. The summed E-state index contributed by atoms with van der Waals surface area (Å²) in [6.45, 7) is 6.94. The van der Waals surface area contributed by atoms with Gasteiger partial charge in [-0.15, -0.1) is 0 Å². The fraction of sp³-hybridized carbons (Fsp3) is 0.923. The second-order valence-electron chi connectivity index (χ2n) is 5.47. The van der Waals surface area contributed by atoms with Gasteiger partial charge in [0.25, 0.3) is 0 Å². The minimum Gasteiger partial charge on any atom is -0.392 e. The molecule has 5 heteroatoms. The third kappa shape index (κ3) is 3.67. The van der Waals surface area contributed by atoms with E-state index in [9.17, 15) is 9.90 Å². The molecule has 0 aromatic rings. The summed E-state index contributed by atoms with van der Waals surface area (Å²) in [6, 6.07) is -0.198. The minimum absolute atomic E-state index is 0.0458. The van der Waals surface area contributed by atoms with Crippen molar-refractivity contribution in [3.8, 4) is 0 Å². The van der Waals surface area contributed by atoms with Crippen LogP contribution in [0, 0.1) is 5.92 Å². The molecule has 0 bridgehead atoms. The summed E-state index contributed by atoms with van der Waals surface area (Å²) in [7, 11) is 0. The molecule has 2 rings (SSSR count). The topological polar surface area (TPSA) is 64.6 Å². The Morgan fingerprint density at radius 2 is 2.17 bits per heavy atom. The van der Waals surface area contributed by atoms with E-state index in [1.54, 1.807) is 0 Å². The molecular weight excluding hydrogens is 230 g/mol. The minimum atomic E-state index is -0.367. The maximum Gasteiger partial charge on any atom is 0.237 e. The molecule has 0 radical (unpaired) electrons. The maximum atomic E-state index is 11.9. The maximum absolute atomic E-state index is 11.9. The van der Waals surface area contributed by atoms with E-state index in [2.05, 4.69) is 22.5 Å². The van der Waals surface area contributed by atoms with Crippen LogP contribution in [0.5, 0.6) is 0 Å². The molecule has 0 aliphatic carbocycles. The molecule has 3 N–H and O–H groups in total. The van der Waals surface area contributed by atoms with Crippen LogP contribution in [0.4, 0.5) is 0 Å². The van der Waals surface area contributed by atoms with Crippen LogP contribution in [0.3, 0.4) is 0 Å². The van der Waals surface area contributed by atoms with Crippen LogP contribution in [0.25, 0.3) is 0 Å². The largest absolute Gasteiger partial charge is 0.392 e. The van der Waals surface area contributed by atoms with Gasteiger partial charge in [0.05, 0.1) is 12.1 Å². The highest BCUT2D eigenvalue weighted by Gasteiger charge is 2.28. The fourth-order valence-corrected chi connectivity index (χ4v) is 2.79. The Morgan fingerprint density at radius 3 is 2.72 bits per heavy atom. The molecule has 2 aliphatic rings. The van der Waals surface area contributed by atoms with E-state index in [0.717, 1.165) is 26.2 Å². The van der Waals surface area contributed by atoms with Crippen molar-refractivity contribution in [1.29, 1.82) is 0 Å². The number of rotatable bonds is 4. The Labute approximate surface area is 109 Å². The summed E-state index contributed by atoms with van der Waals surface area (Å²) < 4.78 is 0. The molecule has 2 fully saturated rings. The predicted molar refractivity (Wildman–Crippen MR) is 70.3 cm³/mol. The molecule has 18 heavy (non-hydrogen) atoms. The highest BCUT2D eigenvalue weighted by Crippen LogP contribution is 2.16. The number of piperidine rings is 1. The summed E-state index contributed by atoms with van der Waals surface area (Å²) in [4.78, 5) is 14.3. The van der Waals surface area contributed by atoms with Crippen molar-refractivity contribution in [3.05, 3.63) is 0 Å². The summed E-state index contributed by atoms with van der Waals surface area (Å²) in [5, 5.41) is 15.4. The van der Waals surface area contributed by atoms with E-state index >= 15 is 0 Å². The van der Waals surface area contributed by atoms with Crippen molar-refractivity contribution in [2.75, 3.05) is 32.7 Å². The third-order valence-electron chi connectivity index (χ3n) is 4.14. The second kappa shape index (κ2) is 6.50. The zero-order valence-corrected chi connectivity index (χ0v) is 11.2. The van der Waals surface area contributed by atoms with E-state index in [0.29, 0.717) is 18.9 Å². The Kier molecular flexibility index (Phi) is 4.97. The molecule has 2 heterocycles. The average Bonchev–Trinajstić information content (AvgIpc) is 2.83. The van der Waals surface area contributed by atoms with Crippen molar-refractivity contribution in [2.24, 2.45) is 5.92 Å². The van der Waals surface area contributed by atoms with Gasteiger partial charge in [-0.25, -0.2) is 0 Å². The van der Waals surface area contributed by atoms with Gasteiger partial charge in [0, 0.05) is 13.1 Å². The van der Waals surface area contributed by atoms with Crippen LogP contribution in [-0.2, 0) is 4.79 Å². The molecule has 2 unspecified atom stereocenters. The normalized spacial score (nSPS) is 30.6. The van der Waals surface area contributed by atoms with E-state index in [1.807, 2.05) is 0 Å². The van der Waals surface area contributed by atoms with Crippen LogP contribution in [0.2, 0.25) is 0 Å². The van der Waals surface area contributed by atoms with Crippen molar-refractivity contribution < 1.29 is 9.90 Å². The van der Waals surface area contributed by atoms with Gasteiger partial charge >= 0.3 is 0 Å². The Morgan fingerprint density at radius 1 is 1.44 bits per heavy atom. The summed E-state index contributed by atoms with van der Waals surface area (Å²) in [6.07, 6.45) is 2.53. The first-order chi connectivity index (χ1) is 8.69. The number of carbonyl (C=O) groups excluding carboxylic acids is 1. The molecule has 0 aromatic carbocycles. The monoisotopic (exact) mass is 255 g/mol. The first-order valence-corrected chi connectivity index (χ1v) is 7.10. The number of β-amino-alcohol motifs (C(OH)–C–C–N with tert-alkyl or cyclic N) is 1. The number of amides is 1. The van der Waals surface area contributed by atoms with E-state index in [-0.39, 0.29) is 18.1 Å². The van der Waals surface area contributed by atoms with E-state index < -0.39 is 0 Å². The van der Waals surface area contributed by atoms with E-state index in [4.69, 9.17) is 0 Å². The van der Waals surface area contributed by atoms with Gasteiger partial charge in [-0.1, -0.05) is 6.92 Å². The quantitative estimate of drug-likeness (QED) is 0.637. The molecule has 0 saturated carbocycles. The highest BCUT2D eigenvalue weighted by atomic mass is 16.3. The lowest BCUT2D eigenvalue weighted by Gasteiger charge is -2.31. The van der Waals surface area contributed by atoms with Gasteiger partial charge in [0.1, 0.15) is 0 Å². The molecule has 1 amide bonds. The molecule has 5 nitrogen and oxygen atoms in total. The molecule has 104 valence electrons. The number of nitrogens with zero attached hydrogens (tertiary/aromatic N) is 1. The number of carbonyl (C=O) groups is 1. The number of aliphatic hydroxyl groups is 1. The number of nitrogens with one attached hydrogen (secondary N) is 2. The van der Waals surface area contributed by atoms with Gasteiger partial charge in [-0.05, 0) is 44.8 Å². The van der Waals surface area contributed by atoms with Gasteiger partial charge in [-0.3, -0.25) is 4.79 Å².